The Morgan fingerprint density at radius 3 is 2.60 bits per heavy atom. The Bertz CT molecular complexity index is 479. The molecule has 0 aliphatic carbocycles. The summed E-state index contributed by atoms with van der Waals surface area (Å²) in [6.45, 7) is 3.05. The van der Waals surface area contributed by atoms with Gasteiger partial charge in [-0.2, -0.15) is 0 Å². The van der Waals surface area contributed by atoms with E-state index >= 15 is 0 Å². The average molecular weight is 343 g/mol. The second kappa shape index (κ2) is 7.89. The van der Waals surface area contributed by atoms with Crippen molar-refractivity contribution in [2.45, 2.75) is 19.9 Å². The summed E-state index contributed by atoms with van der Waals surface area (Å²) in [5, 5.41) is 8.69. The molecule has 0 bridgehead atoms. The summed E-state index contributed by atoms with van der Waals surface area (Å²) in [4.78, 5) is 25.9. The van der Waals surface area contributed by atoms with E-state index in [0.717, 1.165) is 10.0 Å². The van der Waals surface area contributed by atoms with Crippen molar-refractivity contribution in [3.8, 4) is 0 Å². The van der Waals surface area contributed by atoms with Crippen LogP contribution in [0.25, 0.3) is 0 Å². The van der Waals surface area contributed by atoms with E-state index in [-0.39, 0.29) is 19.0 Å². The quantitative estimate of drug-likeness (QED) is 0.864. The van der Waals surface area contributed by atoms with Gasteiger partial charge in [-0.15, -0.1) is 0 Å². The van der Waals surface area contributed by atoms with E-state index in [1.807, 2.05) is 31.2 Å². The van der Waals surface area contributed by atoms with Crippen molar-refractivity contribution in [3.63, 3.8) is 0 Å². The van der Waals surface area contributed by atoms with Crippen LogP contribution in [0, 0.1) is 0 Å². The molecule has 1 N–H and O–H groups in total. The van der Waals surface area contributed by atoms with Crippen LogP contribution in [0.1, 0.15) is 18.9 Å². The third-order valence-electron chi connectivity index (χ3n) is 2.88. The van der Waals surface area contributed by atoms with Gasteiger partial charge in [0.25, 0.3) is 0 Å². The summed E-state index contributed by atoms with van der Waals surface area (Å²) in [5.41, 5.74) is 1.02. The first-order valence-corrected chi connectivity index (χ1v) is 7.19. The third-order valence-corrected chi connectivity index (χ3v) is 3.38. The molecule has 0 aromatic heterocycles. The van der Waals surface area contributed by atoms with Gasteiger partial charge in [0.1, 0.15) is 0 Å². The Morgan fingerprint density at radius 1 is 1.35 bits per heavy atom. The average Bonchev–Trinajstić information content (AvgIpc) is 2.38. The summed E-state index contributed by atoms with van der Waals surface area (Å²) in [7, 11) is 1.71. The number of rotatable bonds is 6. The minimum absolute atomic E-state index is 0.0374. The first-order valence-electron chi connectivity index (χ1n) is 6.40. The predicted octanol–water partition coefficient (Wildman–Crippen LogP) is 2.80. The number of benzene rings is 1. The maximum absolute atomic E-state index is 12.2. The van der Waals surface area contributed by atoms with E-state index in [1.165, 1.54) is 4.90 Å². The number of carbonyl (C=O) groups excluding carboxylic acids is 1. The summed E-state index contributed by atoms with van der Waals surface area (Å²) < 4.78 is 0.967. The molecule has 0 atom stereocenters. The van der Waals surface area contributed by atoms with E-state index in [2.05, 4.69) is 15.9 Å². The van der Waals surface area contributed by atoms with Gasteiger partial charge in [0.15, 0.2) is 0 Å². The van der Waals surface area contributed by atoms with Crippen LogP contribution >= 0.6 is 15.9 Å². The maximum atomic E-state index is 12.2. The predicted molar refractivity (Wildman–Crippen MR) is 80.5 cm³/mol. The van der Waals surface area contributed by atoms with Crippen molar-refractivity contribution in [3.05, 3.63) is 34.3 Å². The molecule has 0 saturated heterocycles. The van der Waals surface area contributed by atoms with Crippen LogP contribution < -0.4 is 0 Å². The number of hydrogen-bond acceptors (Lipinski definition) is 2. The molecule has 6 heteroatoms. The standard InChI is InChI=1S/C14H19BrN2O3/c1-3-17(8-7-13(18)19)14(20)16(2)10-11-5-4-6-12(15)9-11/h4-6,9H,3,7-8,10H2,1-2H3,(H,18,19). The van der Waals surface area contributed by atoms with Crippen molar-refractivity contribution in [2.24, 2.45) is 0 Å². The van der Waals surface area contributed by atoms with E-state index in [0.29, 0.717) is 13.1 Å². The minimum Gasteiger partial charge on any atom is -0.481 e. The van der Waals surface area contributed by atoms with Crippen molar-refractivity contribution in [2.75, 3.05) is 20.1 Å². The van der Waals surface area contributed by atoms with Gasteiger partial charge < -0.3 is 14.9 Å². The van der Waals surface area contributed by atoms with E-state index in [9.17, 15) is 9.59 Å². The SMILES string of the molecule is CCN(CCC(=O)O)C(=O)N(C)Cc1cccc(Br)c1. The van der Waals surface area contributed by atoms with Gasteiger partial charge in [-0.05, 0) is 24.6 Å². The second-order valence-electron chi connectivity index (χ2n) is 4.49. The molecule has 0 radical (unpaired) electrons. The fourth-order valence-electron chi connectivity index (χ4n) is 1.84. The molecule has 5 nitrogen and oxygen atoms in total. The Hall–Kier alpha value is -1.56. The molecule has 20 heavy (non-hydrogen) atoms. The first-order chi connectivity index (χ1) is 9.43. The maximum Gasteiger partial charge on any atom is 0.320 e. The fourth-order valence-corrected chi connectivity index (χ4v) is 2.28. The van der Waals surface area contributed by atoms with Crippen LogP contribution in [-0.2, 0) is 11.3 Å². The fraction of sp³-hybridized carbons (Fsp3) is 0.429. The van der Waals surface area contributed by atoms with E-state index in [4.69, 9.17) is 5.11 Å². The molecule has 0 heterocycles. The molecular formula is C14H19BrN2O3. The molecule has 1 aromatic rings. The topological polar surface area (TPSA) is 60.9 Å². The lowest BCUT2D eigenvalue weighted by Gasteiger charge is -2.27. The number of aliphatic carboxylic acids is 1. The van der Waals surface area contributed by atoms with Gasteiger partial charge in [-0.3, -0.25) is 4.79 Å². The molecule has 1 rings (SSSR count). The van der Waals surface area contributed by atoms with Crippen molar-refractivity contribution < 1.29 is 14.7 Å². The number of carbonyl (C=O) groups is 2. The molecule has 0 spiro atoms. The number of carboxylic acid groups (broad SMARTS) is 1. The third kappa shape index (κ3) is 5.21. The van der Waals surface area contributed by atoms with E-state index < -0.39 is 5.97 Å². The van der Waals surface area contributed by atoms with Crippen LogP contribution in [0.15, 0.2) is 28.7 Å². The monoisotopic (exact) mass is 342 g/mol. The summed E-state index contributed by atoms with van der Waals surface area (Å²) in [5.74, 6) is -0.897. The number of amides is 2. The largest absolute Gasteiger partial charge is 0.481 e. The summed E-state index contributed by atoms with van der Waals surface area (Å²) in [6.07, 6.45) is -0.0374. The Labute approximate surface area is 127 Å². The Kier molecular flexibility index (Phi) is 6.51. The van der Waals surface area contributed by atoms with Gasteiger partial charge in [0.05, 0.1) is 6.42 Å². The summed E-state index contributed by atoms with van der Waals surface area (Å²) >= 11 is 3.39. The van der Waals surface area contributed by atoms with Crippen molar-refractivity contribution in [1.82, 2.24) is 9.80 Å². The zero-order valence-electron chi connectivity index (χ0n) is 11.7. The molecule has 0 saturated carbocycles. The molecule has 110 valence electrons. The summed E-state index contributed by atoms with van der Waals surface area (Å²) in [6, 6.07) is 7.59. The Balaban J connectivity index is 2.62. The molecule has 0 unspecified atom stereocenters. The highest BCUT2D eigenvalue weighted by molar-refractivity contribution is 9.10. The zero-order chi connectivity index (χ0) is 15.1. The molecular weight excluding hydrogens is 324 g/mol. The van der Waals surface area contributed by atoms with Crippen LogP contribution in [0.3, 0.4) is 0 Å². The van der Waals surface area contributed by atoms with Crippen LogP contribution in [0.4, 0.5) is 4.79 Å². The van der Waals surface area contributed by atoms with Gasteiger partial charge in [0, 0.05) is 31.2 Å². The van der Waals surface area contributed by atoms with Gasteiger partial charge in [-0.25, -0.2) is 4.79 Å². The second-order valence-corrected chi connectivity index (χ2v) is 5.41. The van der Waals surface area contributed by atoms with Gasteiger partial charge in [-0.1, -0.05) is 28.1 Å². The molecule has 1 aromatic carbocycles. The van der Waals surface area contributed by atoms with Crippen LogP contribution in [0.5, 0.6) is 0 Å². The highest BCUT2D eigenvalue weighted by Gasteiger charge is 2.17. The van der Waals surface area contributed by atoms with Crippen molar-refractivity contribution in [1.29, 1.82) is 0 Å². The smallest absolute Gasteiger partial charge is 0.320 e. The van der Waals surface area contributed by atoms with Gasteiger partial charge in [0.2, 0.25) is 0 Å². The van der Waals surface area contributed by atoms with Crippen LogP contribution in [-0.4, -0.2) is 47.0 Å². The minimum atomic E-state index is -0.897. The van der Waals surface area contributed by atoms with E-state index in [1.54, 1.807) is 11.9 Å². The molecule has 2 amide bonds. The van der Waals surface area contributed by atoms with Crippen LogP contribution in [0.2, 0.25) is 0 Å². The number of hydrogen-bond donors (Lipinski definition) is 1. The normalized spacial score (nSPS) is 10.2. The van der Waals surface area contributed by atoms with Crippen molar-refractivity contribution >= 4 is 27.9 Å². The molecule has 0 fully saturated rings. The lowest BCUT2D eigenvalue weighted by Crippen LogP contribution is -2.41. The zero-order valence-corrected chi connectivity index (χ0v) is 13.3. The number of urea groups is 1. The highest BCUT2D eigenvalue weighted by atomic mass is 79.9. The first kappa shape index (κ1) is 16.5. The highest BCUT2D eigenvalue weighted by Crippen LogP contribution is 2.13. The Morgan fingerprint density at radius 2 is 2.05 bits per heavy atom. The lowest BCUT2D eigenvalue weighted by molar-refractivity contribution is -0.137. The number of nitrogens with zero attached hydrogens (tertiary/aromatic N) is 2. The molecule has 0 aliphatic heterocycles. The number of halogens is 1. The lowest BCUT2D eigenvalue weighted by atomic mass is 10.2. The van der Waals surface area contributed by atoms with Gasteiger partial charge >= 0.3 is 12.0 Å². The number of carboxylic acids is 1. The molecule has 0 aliphatic rings.